The van der Waals surface area contributed by atoms with Crippen molar-refractivity contribution < 1.29 is 14.7 Å². The van der Waals surface area contributed by atoms with Gasteiger partial charge in [-0.15, -0.1) is 11.3 Å². The molecule has 0 saturated heterocycles. The zero-order valence-corrected chi connectivity index (χ0v) is 14.8. The van der Waals surface area contributed by atoms with E-state index >= 15 is 0 Å². The molecule has 3 rings (SSSR count). The van der Waals surface area contributed by atoms with Crippen LogP contribution in [0.1, 0.15) is 50.8 Å². The van der Waals surface area contributed by atoms with Crippen molar-refractivity contribution in [3.05, 3.63) is 55.7 Å². The van der Waals surface area contributed by atoms with Gasteiger partial charge in [-0.05, 0) is 66.3 Å². The lowest BCUT2D eigenvalue weighted by molar-refractivity contribution is -0.139. The summed E-state index contributed by atoms with van der Waals surface area (Å²) in [6.45, 7) is 1.81. The molecule has 1 heterocycles. The Bertz CT molecular complexity index is 800. The summed E-state index contributed by atoms with van der Waals surface area (Å²) in [5, 5.41) is 14.8. The zero-order chi connectivity index (χ0) is 17.3. The van der Waals surface area contributed by atoms with Crippen LogP contribution < -0.4 is 5.32 Å². The number of carbonyl (C=O) groups excluding carboxylic acids is 1. The van der Waals surface area contributed by atoms with E-state index < -0.39 is 12.0 Å². The first-order valence-electron chi connectivity index (χ1n) is 7.86. The minimum absolute atomic E-state index is 0.317. The molecule has 1 amide bonds. The third kappa shape index (κ3) is 3.32. The van der Waals surface area contributed by atoms with Crippen LogP contribution in [0.15, 0.2) is 23.6 Å². The van der Waals surface area contributed by atoms with Gasteiger partial charge in [0.05, 0.1) is 4.88 Å². The molecule has 126 valence electrons. The standard InChI is InChI=1S/C18H18ClNO3S/c1-10-8-11(6-7-14(10)19)15(18(22)23)20-17(21)16-13-5-3-2-4-12(13)9-24-16/h6-9,15H,2-5H2,1H3,(H,20,21)(H,22,23). The van der Waals surface area contributed by atoms with Gasteiger partial charge in [-0.3, -0.25) is 4.79 Å². The summed E-state index contributed by atoms with van der Waals surface area (Å²) < 4.78 is 0. The molecule has 1 atom stereocenters. The van der Waals surface area contributed by atoms with Crippen molar-refractivity contribution in [2.75, 3.05) is 0 Å². The molecule has 6 heteroatoms. The molecule has 2 aromatic rings. The molecule has 1 aromatic heterocycles. The Morgan fingerprint density at radius 1 is 1.29 bits per heavy atom. The molecule has 1 aliphatic rings. The quantitative estimate of drug-likeness (QED) is 0.857. The SMILES string of the molecule is Cc1cc(C(NC(=O)c2scc3c2CCCC3)C(=O)O)ccc1Cl. The highest BCUT2D eigenvalue weighted by atomic mass is 35.5. The van der Waals surface area contributed by atoms with Crippen molar-refractivity contribution in [1.82, 2.24) is 5.32 Å². The van der Waals surface area contributed by atoms with Crippen LogP contribution in [0.3, 0.4) is 0 Å². The van der Waals surface area contributed by atoms with Crippen LogP contribution in [0, 0.1) is 6.92 Å². The summed E-state index contributed by atoms with van der Waals surface area (Å²) in [4.78, 5) is 24.9. The molecule has 0 saturated carbocycles. The number of amides is 1. The Kier molecular flexibility index (Phi) is 4.92. The van der Waals surface area contributed by atoms with Crippen molar-refractivity contribution in [1.29, 1.82) is 0 Å². The third-order valence-electron chi connectivity index (χ3n) is 4.35. The fourth-order valence-electron chi connectivity index (χ4n) is 3.04. The van der Waals surface area contributed by atoms with Crippen molar-refractivity contribution >= 4 is 34.8 Å². The predicted molar refractivity (Wildman–Crippen MR) is 95.0 cm³/mol. The molecular weight excluding hydrogens is 346 g/mol. The van der Waals surface area contributed by atoms with Crippen molar-refractivity contribution in [2.45, 2.75) is 38.6 Å². The van der Waals surface area contributed by atoms with Gasteiger partial charge in [-0.1, -0.05) is 23.7 Å². The van der Waals surface area contributed by atoms with Crippen LogP contribution in [-0.2, 0) is 17.6 Å². The van der Waals surface area contributed by atoms with Crippen LogP contribution in [0.25, 0.3) is 0 Å². The summed E-state index contributed by atoms with van der Waals surface area (Å²) in [5.41, 5.74) is 3.61. The number of carboxylic acid groups (broad SMARTS) is 1. The third-order valence-corrected chi connectivity index (χ3v) is 5.84. The maximum absolute atomic E-state index is 12.6. The Morgan fingerprint density at radius 3 is 2.75 bits per heavy atom. The Morgan fingerprint density at radius 2 is 2.04 bits per heavy atom. The summed E-state index contributed by atoms with van der Waals surface area (Å²) >= 11 is 7.40. The molecule has 0 spiro atoms. The highest BCUT2D eigenvalue weighted by Gasteiger charge is 2.26. The number of hydrogen-bond acceptors (Lipinski definition) is 3. The minimum Gasteiger partial charge on any atom is -0.479 e. The number of rotatable bonds is 4. The van der Waals surface area contributed by atoms with E-state index in [1.54, 1.807) is 18.2 Å². The van der Waals surface area contributed by atoms with Gasteiger partial charge < -0.3 is 10.4 Å². The van der Waals surface area contributed by atoms with E-state index in [1.807, 2.05) is 12.3 Å². The van der Waals surface area contributed by atoms with E-state index in [9.17, 15) is 14.7 Å². The second kappa shape index (κ2) is 6.95. The molecule has 0 radical (unpaired) electrons. The molecule has 1 aromatic carbocycles. The zero-order valence-electron chi connectivity index (χ0n) is 13.3. The number of aryl methyl sites for hydroxylation is 2. The van der Waals surface area contributed by atoms with Gasteiger partial charge >= 0.3 is 5.97 Å². The Balaban J connectivity index is 1.86. The van der Waals surface area contributed by atoms with Gasteiger partial charge in [-0.2, -0.15) is 0 Å². The van der Waals surface area contributed by atoms with Crippen LogP contribution in [-0.4, -0.2) is 17.0 Å². The number of carboxylic acids is 1. The lowest BCUT2D eigenvalue weighted by Crippen LogP contribution is -2.34. The van der Waals surface area contributed by atoms with Crippen molar-refractivity contribution in [3.63, 3.8) is 0 Å². The second-order valence-corrected chi connectivity index (χ2v) is 7.32. The van der Waals surface area contributed by atoms with Crippen molar-refractivity contribution in [2.24, 2.45) is 0 Å². The van der Waals surface area contributed by atoms with E-state index in [-0.39, 0.29) is 5.91 Å². The van der Waals surface area contributed by atoms with Gasteiger partial charge in [0.15, 0.2) is 6.04 Å². The first kappa shape index (κ1) is 17.0. The normalized spacial score (nSPS) is 14.8. The predicted octanol–water partition coefficient (Wildman–Crippen LogP) is 4.14. The van der Waals surface area contributed by atoms with Crippen LogP contribution in [0.4, 0.5) is 0 Å². The number of hydrogen-bond donors (Lipinski definition) is 2. The highest BCUT2D eigenvalue weighted by Crippen LogP contribution is 2.30. The van der Waals surface area contributed by atoms with E-state index in [0.717, 1.165) is 36.8 Å². The van der Waals surface area contributed by atoms with Gasteiger partial charge in [-0.25, -0.2) is 4.79 Å². The number of thiophene rings is 1. The number of fused-ring (bicyclic) bond motifs is 1. The average molecular weight is 364 g/mol. The van der Waals surface area contributed by atoms with Gasteiger partial charge in [0.2, 0.25) is 0 Å². The van der Waals surface area contributed by atoms with E-state index in [0.29, 0.717) is 15.5 Å². The summed E-state index contributed by atoms with van der Waals surface area (Å²) in [7, 11) is 0. The maximum atomic E-state index is 12.6. The first-order chi connectivity index (χ1) is 11.5. The minimum atomic E-state index is -1.09. The second-order valence-electron chi connectivity index (χ2n) is 6.03. The number of carbonyl (C=O) groups is 2. The Labute approximate surface area is 149 Å². The number of aliphatic carboxylic acids is 1. The molecule has 24 heavy (non-hydrogen) atoms. The van der Waals surface area contributed by atoms with Gasteiger partial charge in [0, 0.05) is 5.02 Å². The molecule has 0 aliphatic heterocycles. The lowest BCUT2D eigenvalue weighted by atomic mass is 9.93. The molecule has 0 bridgehead atoms. The fraction of sp³-hybridized carbons (Fsp3) is 0.333. The van der Waals surface area contributed by atoms with E-state index in [1.165, 1.54) is 16.9 Å². The Hall–Kier alpha value is -1.85. The van der Waals surface area contributed by atoms with Gasteiger partial charge in [0.25, 0.3) is 5.91 Å². The van der Waals surface area contributed by atoms with E-state index in [2.05, 4.69) is 5.32 Å². The molecular formula is C18H18ClNO3S. The van der Waals surface area contributed by atoms with Crippen LogP contribution >= 0.6 is 22.9 Å². The highest BCUT2D eigenvalue weighted by molar-refractivity contribution is 7.12. The van der Waals surface area contributed by atoms with Crippen LogP contribution in [0.5, 0.6) is 0 Å². The molecule has 0 fully saturated rings. The molecule has 4 nitrogen and oxygen atoms in total. The average Bonchev–Trinajstić information content (AvgIpc) is 2.99. The monoisotopic (exact) mass is 363 g/mol. The number of halogens is 1. The molecule has 1 unspecified atom stereocenters. The summed E-state index contributed by atoms with van der Waals surface area (Å²) in [5.74, 6) is -1.40. The summed E-state index contributed by atoms with van der Waals surface area (Å²) in [6.07, 6.45) is 4.10. The fourth-order valence-corrected chi connectivity index (χ4v) is 4.22. The largest absolute Gasteiger partial charge is 0.479 e. The number of benzene rings is 1. The molecule has 2 N–H and O–H groups in total. The van der Waals surface area contributed by atoms with Crippen LogP contribution in [0.2, 0.25) is 5.02 Å². The summed E-state index contributed by atoms with van der Waals surface area (Å²) in [6, 6.07) is 3.90. The smallest absolute Gasteiger partial charge is 0.330 e. The van der Waals surface area contributed by atoms with E-state index in [4.69, 9.17) is 11.6 Å². The maximum Gasteiger partial charge on any atom is 0.330 e. The van der Waals surface area contributed by atoms with Gasteiger partial charge in [0.1, 0.15) is 0 Å². The first-order valence-corrected chi connectivity index (χ1v) is 9.12. The number of nitrogens with one attached hydrogen (secondary N) is 1. The lowest BCUT2D eigenvalue weighted by Gasteiger charge is -2.17. The topological polar surface area (TPSA) is 66.4 Å². The van der Waals surface area contributed by atoms with Crippen molar-refractivity contribution in [3.8, 4) is 0 Å². The molecule has 1 aliphatic carbocycles.